The van der Waals surface area contributed by atoms with Crippen molar-refractivity contribution in [2.45, 2.75) is 24.3 Å². The Morgan fingerprint density at radius 1 is 1.50 bits per heavy atom. The lowest BCUT2D eigenvalue weighted by atomic mass is 10.3. The summed E-state index contributed by atoms with van der Waals surface area (Å²) < 4.78 is 5.55. The molecule has 1 aromatic carbocycles. The molecular formula is C11H13NOS. The van der Waals surface area contributed by atoms with Gasteiger partial charge in [-0.15, -0.1) is 11.8 Å². The van der Waals surface area contributed by atoms with Crippen molar-refractivity contribution in [2.24, 2.45) is 0 Å². The fourth-order valence-electron chi connectivity index (χ4n) is 1.07. The molecule has 0 amide bonds. The maximum Gasteiger partial charge on any atom is 0.184 e. The number of rotatable bonds is 4. The fourth-order valence-corrected chi connectivity index (χ4v) is 1.60. The van der Waals surface area contributed by atoms with E-state index in [0.717, 1.165) is 10.6 Å². The third kappa shape index (κ3) is 2.68. The van der Waals surface area contributed by atoms with E-state index in [1.54, 1.807) is 11.8 Å². The minimum atomic E-state index is -0.344. The first-order valence-corrected chi connectivity index (χ1v) is 5.73. The second-order valence-corrected chi connectivity index (χ2v) is 3.64. The van der Waals surface area contributed by atoms with Crippen LogP contribution in [0.5, 0.6) is 5.75 Å². The highest BCUT2D eigenvalue weighted by Crippen LogP contribution is 2.27. The van der Waals surface area contributed by atoms with Crippen molar-refractivity contribution in [3.05, 3.63) is 24.3 Å². The molecule has 0 radical (unpaired) electrons. The van der Waals surface area contributed by atoms with Gasteiger partial charge in [0.1, 0.15) is 11.8 Å². The molecule has 14 heavy (non-hydrogen) atoms. The van der Waals surface area contributed by atoms with Crippen molar-refractivity contribution in [3.8, 4) is 11.8 Å². The monoisotopic (exact) mass is 207 g/mol. The highest BCUT2D eigenvalue weighted by Gasteiger charge is 2.08. The topological polar surface area (TPSA) is 33.0 Å². The molecule has 0 N–H and O–H groups in total. The van der Waals surface area contributed by atoms with Gasteiger partial charge in [-0.05, 0) is 24.8 Å². The molecule has 1 atom stereocenters. The van der Waals surface area contributed by atoms with Crippen molar-refractivity contribution in [1.29, 1.82) is 5.26 Å². The van der Waals surface area contributed by atoms with Gasteiger partial charge in [-0.1, -0.05) is 19.1 Å². The number of para-hydroxylation sites is 1. The van der Waals surface area contributed by atoms with Gasteiger partial charge in [-0.2, -0.15) is 5.26 Å². The van der Waals surface area contributed by atoms with Gasteiger partial charge >= 0.3 is 0 Å². The van der Waals surface area contributed by atoms with E-state index in [2.05, 4.69) is 6.07 Å². The second-order valence-electron chi connectivity index (χ2n) is 2.79. The summed E-state index contributed by atoms with van der Waals surface area (Å²) in [5, 5.41) is 8.77. The standard InChI is InChI=1S/C11H13NOS/c1-3-9(8-12)13-10-6-4-5-7-11(10)14-2/h4-7,9H,3H2,1-2H3. The molecule has 0 spiro atoms. The molecule has 0 aliphatic carbocycles. The van der Waals surface area contributed by atoms with E-state index < -0.39 is 0 Å². The summed E-state index contributed by atoms with van der Waals surface area (Å²) in [6.45, 7) is 1.94. The molecule has 0 aromatic heterocycles. The van der Waals surface area contributed by atoms with E-state index >= 15 is 0 Å². The molecule has 74 valence electrons. The van der Waals surface area contributed by atoms with E-state index in [-0.39, 0.29) is 6.10 Å². The molecule has 0 fully saturated rings. The van der Waals surface area contributed by atoms with E-state index in [1.165, 1.54) is 0 Å². The number of hydrogen-bond acceptors (Lipinski definition) is 3. The Kier molecular flexibility index (Phi) is 4.34. The van der Waals surface area contributed by atoms with Crippen molar-refractivity contribution < 1.29 is 4.74 Å². The summed E-state index contributed by atoms with van der Waals surface area (Å²) >= 11 is 1.62. The van der Waals surface area contributed by atoms with Gasteiger partial charge in [0, 0.05) is 4.90 Å². The zero-order chi connectivity index (χ0) is 10.4. The largest absolute Gasteiger partial charge is 0.474 e. The number of thioether (sulfide) groups is 1. The van der Waals surface area contributed by atoms with E-state index in [9.17, 15) is 0 Å². The van der Waals surface area contributed by atoms with Crippen molar-refractivity contribution in [2.75, 3.05) is 6.26 Å². The number of hydrogen-bond donors (Lipinski definition) is 0. The van der Waals surface area contributed by atoms with Crippen molar-refractivity contribution >= 4 is 11.8 Å². The van der Waals surface area contributed by atoms with Crippen LogP contribution >= 0.6 is 11.8 Å². The van der Waals surface area contributed by atoms with Gasteiger partial charge in [-0.25, -0.2) is 0 Å². The molecule has 0 aliphatic rings. The Morgan fingerprint density at radius 2 is 2.21 bits per heavy atom. The highest BCUT2D eigenvalue weighted by atomic mass is 32.2. The van der Waals surface area contributed by atoms with Crippen LogP contribution in [0.3, 0.4) is 0 Å². The van der Waals surface area contributed by atoms with Crippen LogP contribution in [0.1, 0.15) is 13.3 Å². The number of benzene rings is 1. The van der Waals surface area contributed by atoms with E-state index in [0.29, 0.717) is 6.42 Å². The molecule has 0 saturated carbocycles. The van der Waals surface area contributed by atoms with Crippen molar-refractivity contribution in [3.63, 3.8) is 0 Å². The quantitative estimate of drug-likeness (QED) is 0.711. The van der Waals surface area contributed by atoms with Crippen LogP contribution in [0.4, 0.5) is 0 Å². The van der Waals surface area contributed by atoms with Gasteiger partial charge in [-0.3, -0.25) is 0 Å². The Balaban J connectivity index is 2.80. The lowest BCUT2D eigenvalue weighted by Crippen LogP contribution is -2.12. The molecule has 1 rings (SSSR count). The third-order valence-electron chi connectivity index (χ3n) is 1.85. The number of nitriles is 1. The predicted molar refractivity (Wildman–Crippen MR) is 58.5 cm³/mol. The molecule has 0 aliphatic heterocycles. The van der Waals surface area contributed by atoms with E-state index in [1.807, 2.05) is 37.4 Å². The van der Waals surface area contributed by atoms with Crippen LogP contribution in [0, 0.1) is 11.3 Å². The van der Waals surface area contributed by atoms with Crippen LogP contribution in [0.2, 0.25) is 0 Å². The van der Waals surface area contributed by atoms with Gasteiger partial charge in [0.05, 0.1) is 0 Å². The summed E-state index contributed by atoms with van der Waals surface area (Å²) in [6, 6.07) is 9.89. The Hall–Kier alpha value is -1.14. The maximum absolute atomic E-state index is 8.77. The number of ether oxygens (including phenoxy) is 1. The third-order valence-corrected chi connectivity index (χ3v) is 2.63. The minimum absolute atomic E-state index is 0.344. The molecule has 0 heterocycles. The lowest BCUT2D eigenvalue weighted by Gasteiger charge is -2.12. The molecule has 0 saturated heterocycles. The fraction of sp³-hybridized carbons (Fsp3) is 0.364. The van der Waals surface area contributed by atoms with Gasteiger partial charge in [0.25, 0.3) is 0 Å². The van der Waals surface area contributed by atoms with Crippen molar-refractivity contribution in [1.82, 2.24) is 0 Å². The van der Waals surface area contributed by atoms with Crippen LogP contribution in [0.25, 0.3) is 0 Å². The molecule has 1 aromatic rings. The van der Waals surface area contributed by atoms with Crippen LogP contribution in [-0.2, 0) is 0 Å². The summed E-state index contributed by atoms with van der Waals surface area (Å²) in [5.41, 5.74) is 0. The zero-order valence-electron chi connectivity index (χ0n) is 8.36. The van der Waals surface area contributed by atoms with Gasteiger partial charge in [0.2, 0.25) is 0 Å². The zero-order valence-corrected chi connectivity index (χ0v) is 9.17. The van der Waals surface area contributed by atoms with Gasteiger partial charge in [0.15, 0.2) is 6.10 Å². The first-order chi connectivity index (χ1) is 6.81. The number of nitrogens with zero attached hydrogens (tertiary/aromatic N) is 1. The molecule has 1 unspecified atom stereocenters. The Morgan fingerprint density at radius 3 is 2.79 bits per heavy atom. The molecular weight excluding hydrogens is 194 g/mol. The average Bonchev–Trinajstić information content (AvgIpc) is 2.26. The molecule has 0 bridgehead atoms. The van der Waals surface area contributed by atoms with Crippen LogP contribution < -0.4 is 4.74 Å². The molecule has 3 heteroatoms. The smallest absolute Gasteiger partial charge is 0.184 e. The second kappa shape index (κ2) is 5.56. The SMILES string of the molecule is CCC(C#N)Oc1ccccc1SC. The first kappa shape index (κ1) is 10.9. The van der Waals surface area contributed by atoms with E-state index in [4.69, 9.17) is 10.00 Å². The first-order valence-electron chi connectivity index (χ1n) is 4.51. The normalized spacial score (nSPS) is 11.8. The Labute approximate surface area is 88.9 Å². The summed E-state index contributed by atoms with van der Waals surface area (Å²) in [4.78, 5) is 1.07. The highest BCUT2D eigenvalue weighted by molar-refractivity contribution is 7.98. The lowest BCUT2D eigenvalue weighted by molar-refractivity contribution is 0.246. The maximum atomic E-state index is 8.77. The minimum Gasteiger partial charge on any atom is -0.474 e. The summed E-state index contributed by atoms with van der Waals surface area (Å²) in [6.07, 6.45) is 2.36. The predicted octanol–water partition coefficient (Wildman–Crippen LogP) is 3.09. The van der Waals surface area contributed by atoms with Crippen LogP contribution in [-0.4, -0.2) is 12.4 Å². The Bertz CT molecular complexity index is 332. The summed E-state index contributed by atoms with van der Waals surface area (Å²) in [5.74, 6) is 0.799. The molecule has 2 nitrogen and oxygen atoms in total. The van der Waals surface area contributed by atoms with Gasteiger partial charge < -0.3 is 4.74 Å². The average molecular weight is 207 g/mol. The summed E-state index contributed by atoms with van der Waals surface area (Å²) in [7, 11) is 0. The van der Waals surface area contributed by atoms with Crippen LogP contribution in [0.15, 0.2) is 29.2 Å².